The number of rotatable bonds is 2. The molecule has 0 aromatic carbocycles. The molecule has 0 bridgehead atoms. The first-order valence-electron chi connectivity index (χ1n) is 6.65. The second-order valence-electron chi connectivity index (χ2n) is 6.09. The Morgan fingerprint density at radius 1 is 1.38 bits per heavy atom. The molecule has 2 N–H and O–H groups in total. The summed E-state index contributed by atoms with van der Waals surface area (Å²) in [6.45, 7) is 10.2. The second-order valence-corrected chi connectivity index (χ2v) is 6.09. The minimum absolute atomic E-state index is 0.416. The van der Waals surface area contributed by atoms with Gasteiger partial charge < -0.3 is 15.4 Å². The number of piperidine rings is 1. The van der Waals surface area contributed by atoms with Crippen LogP contribution in [-0.2, 0) is 4.74 Å². The maximum absolute atomic E-state index is 6.06. The second kappa shape index (κ2) is 5.03. The maximum atomic E-state index is 6.06. The molecule has 2 unspecified atom stereocenters. The smallest absolute Gasteiger partial charge is 0.0471 e. The molecule has 3 heteroatoms. The van der Waals surface area contributed by atoms with Crippen LogP contribution in [0.3, 0.4) is 0 Å². The summed E-state index contributed by atoms with van der Waals surface area (Å²) in [5.74, 6) is 0.650. The summed E-state index contributed by atoms with van der Waals surface area (Å²) in [7, 11) is 0. The fraction of sp³-hybridized carbons (Fsp3) is 1.00. The summed E-state index contributed by atoms with van der Waals surface area (Å²) in [6, 6.07) is 0.416. The number of nitrogens with zero attached hydrogens (tertiary/aromatic N) is 1. The van der Waals surface area contributed by atoms with E-state index in [1.165, 1.54) is 32.5 Å². The largest absolute Gasteiger partial charge is 0.381 e. The van der Waals surface area contributed by atoms with Gasteiger partial charge in [-0.15, -0.1) is 0 Å². The van der Waals surface area contributed by atoms with Crippen LogP contribution in [0.2, 0.25) is 0 Å². The Morgan fingerprint density at radius 3 is 2.69 bits per heavy atom. The van der Waals surface area contributed by atoms with Gasteiger partial charge in [0.15, 0.2) is 0 Å². The Bertz CT molecular complexity index is 226. The third kappa shape index (κ3) is 2.96. The molecule has 0 aliphatic carbocycles. The lowest BCUT2D eigenvalue weighted by atomic mass is 9.81. The van der Waals surface area contributed by atoms with Gasteiger partial charge in [0, 0.05) is 32.3 Å². The highest BCUT2D eigenvalue weighted by molar-refractivity contribution is 4.86. The minimum Gasteiger partial charge on any atom is -0.381 e. The molecule has 0 aromatic rings. The van der Waals surface area contributed by atoms with Crippen molar-refractivity contribution in [3.63, 3.8) is 0 Å². The summed E-state index contributed by atoms with van der Waals surface area (Å²) >= 11 is 0. The van der Waals surface area contributed by atoms with Crippen molar-refractivity contribution in [2.45, 2.75) is 39.2 Å². The number of hydrogen-bond acceptors (Lipinski definition) is 3. The van der Waals surface area contributed by atoms with Crippen molar-refractivity contribution in [3.05, 3.63) is 0 Å². The molecule has 2 rings (SSSR count). The SMILES string of the molecule is CC1CN(CC2(C)CCOCC2)CCC1N. The van der Waals surface area contributed by atoms with Gasteiger partial charge in [0.1, 0.15) is 0 Å². The summed E-state index contributed by atoms with van der Waals surface area (Å²) < 4.78 is 5.45. The van der Waals surface area contributed by atoms with E-state index in [9.17, 15) is 0 Å². The molecule has 2 heterocycles. The highest BCUT2D eigenvalue weighted by Gasteiger charge is 2.32. The zero-order valence-electron chi connectivity index (χ0n) is 10.7. The van der Waals surface area contributed by atoms with Gasteiger partial charge in [0.25, 0.3) is 0 Å². The molecule has 2 fully saturated rings. The third-order valence-electron chi connectivity index (χ3n) is 4.36. The molecule has 94 valence electrons. The molecule has 2 aliphatic rings. The first kappa shape index (κ1) is 12.3. The highest BCUT2D eigenvalue weighted by Crippen LogP contribution is 2.31. The van der Waals surface area contributed by atoms with Gasteiger partial charge >= 0.3 is 0 Å². The van der Waals surface area contributed by atoms with Gasteiger partial charge in [-0.3, -0.25) is 0 Å². The van der Waals surface area contributed by atoms with E-state index >= 15 is 0 Å². The molecule has 16 heavy (non-hydrogen) atoms. The number of hydrogen-bond donors (Lipinski definition) is 1. The van der Waals surface area contributed by atoms with Gasteiger partial charge in [-0.25, -0.2) is 0 Å². The Morgan fingerprint density at radius 2 is 2.06 bits per heavy atom. The lowest BCUT2D eigenvalue weighted by Crippen LogP contribution is -2.49. The Labute approximate surface area is 99.3 Å². The van der Waals surface area contributed by atoms with Crippen LogP contribution in [-0.4, -0.2) is 43.8 Å². The van der Waals surface area contributed by atoms with E-state index in [0.29, 0.717) is 17.4 Å². The van der Waals surface area contributed by atoms with Crippen LogP contribution < -0.4 is 5.73 Å². The molecule has 2 atom stereocenters. The van der Waals surface area contributed by atoms with Crippen molar-refractivity contribution in [1.82, 2.24) is 4.90 Å². The molecule has 0 saturated carbocycles. The lowest BCUT2D eigenvalue weighted by molar-refractivity contribution is -0.00256. The van der Waals surface area contributed by atoms with Crippen LogP contribution in [0.4, 0.5) is 0 Å². The zero-order chi connectivity index (χ0) is 11.6. The lowest BCUT2D eigenvalue weighted by Gasteiger charge is -2.42. The van der Waals surface area contributed by atoms with E-state index in [2.05, 4.69) is 18.7 Å². The van der Waals surface area contributed by atoms with E-state index in [-0.39, 0.29) is 0 Å². The van der Waals surface area contributed by atoms with E-state index in [1.54, 1.807) is 0 Å². The quantitative estimate of drug-likeness (QED) is 0.775. The zero-order valence-corrected chi connectivity index (χ0v) is 10.7. The van der Waals surface area contributed by atoms with Crippen LogP contribution in [0.1, 0.15) is 33.1 Å². The van der Waals surface area contributed by atoms with Gasteiger partial charge in [-0.2, -0.15) is 0 Å². The summed E-state index contributed by atoms with van der Waals surface area (Å²) in [5.41, 5.74) is 6.53. The molecule has 2 aliphatic heterocycles. The Balaban J connectivity index is 1.84. The predicted octanol–water partition coefficient (Wildman–Crippen LogP) is 1.47. The van der Waals surface area contributed by atoms with Crippen molar-refractivity contribution >= 4 is 0 Å². The molecule has 0 amide bonds. The molecular weight excluding hydrogens is 200 g/mol. The first-order valence-corrected chi connectivity index (χ1v) is 6.65. The number of likely N-dealkylation sites (tertiary alicyclic amines) is 1. The Hall–Kier alpha value is -0.120. The third-order valence-corrected chi connectivity index (χ3v) is 4.36. The van der Waals surface area contributed by atoms with Crippen LogP contribution in [0, 0.1) is 11.3 Å². The average molecular weight is 226 g/mol. The fourth-order valence-corrected chi connectivity index (χ4v) is 2.96. The average Bonchev–Trinajstić information content (AvgIpc) is 2.24. The summed E-state index contributed by atoms with van der Waals surface area (Å²) in [4.78, 5) is 2.61. The molecule has 0 spiro atoms. The summed E-state index contributed by atoms with van der Waals surface area (Å²) in [6.07, 6.45) is 3.58. The van der Waals surface area contributed by atoms with E-state index in [0.717, 1.165) is 19.6 Å². The molecule has 0 aromatic heterocycles. The molecular formula is C13H26N2O. The first-order chi connectivity index (χ1) is 7.59. The van der Waals surface area contributed by atoms with Gasteiger partial charge in [0.2, 0.25) is 0 Å². The fourth-order valence-electron chi connectivity index (χ4n) is 2.96. The van der Waals surface area contributed by atoms with Crippen molar-refractivity contribution in [1.29, 1.82) is 0 Å². The summed E-state index contributed by atoms with van der Waals surface area (Å²) in [5, 5.41) is 0. The Kier molecular flexibility index (Phi) is 3.88. The molecule has 3 nitrogen and oxygen atoms in total. The standard InChI is InChI=1S/C13H26N2O/c1-11-9-15(6-3-12(11)14)10-13(2)4-7-16-8-5-13/h11-12H,3-10,14H2,1-2H3. The predicted molar refractivity (Wildman–Crippen MR) is 66.4 cm³/mol. The molecule has 2 saturated heterocycles. The minimum atomic E-state index is 0.416. The van der Waals surface area contributed by atoms with Crippen molar-refractivity contribution in [2.24, 2.45) is 17.1 Å². The van der Waals surface area contributed by atoms with Crippen molar-refractivity contribution in [3.8, 4) is 0 Å². The van der Waals surface area contributed by atoms with Gasteiger partial charge in [-0.05, 0) is 37.1 Å². The van der Waals surface area contributed by atoms with Crippen molar-refractivity contribution < 1.29 is 4.74 Å². The van der Waals surface area contributed by atoms with Crippen LogP contribution in [0.25, 0.3) is 0 Å². The highest BCUT2D eigenvalue weighted by atomic mass is 16.5. The molecule has 0 radical (unpaired) electrons. The van der Waals surface area contributed by atoms with E-state index in [4.69, 9.17) is 10.5 Å². The number of ether oxygens (including phenoxy) is 1. The van der Waals surface area contributed by atoms with Gasteiger partial charge in [0.05, 0.1) is 0 Å². The number of nitrogens with two attached hydrogens (primary N) is 1. The van der Waals surface area contributed by atoms with Crippen LogP contribution >= 0.6 is 0 Å². The topological polar surface area (TPSA) is 38.5 Å². The van der Waals surface area contributed by atoms with Crippen molar-refractivity contribution in [2.75, 3.05) is 32.8 Å². The van der Waals surface area contributed by atoms with Gasteiger partial charge in [-0.1, -0.05) is 13.8 Å². The van der Waals surface area contributed by atoms with Crippen LogP contribution in [0.15, 0.2) is 0 Å². The monoisotopic (exact) mass is 226 g/mol. The van der Waals surface area contributed by atoms with E-state index < -0.39 is 0 Å². The normalized spacial score (nSPS) is 36.2. The van der Waals surface area contributed by atoms with Crippen LogP contribution in [0.5, 0.6) is 0 Å². The van der Waals surface area contributed by atoms with E-state index in [1.807, 2.05) is 0 Å². The maximum Gasteiger partial charge on any atom is 0.0471 e.